The second-order valence-corrected chi connectivity index (χ2v) is 9.62. The van der Waals surface area contributed by atoms with E-state index in [0.29, 0.717) is 39.7 Å². The first-order chi connectivity index (χ1) is 13.2. The lowest BCUT2D eigenvalue weighted by molar-refractivity contribution is -0.124. The van der Waals surface area contributed by atoms with Crippen LogP contribution in [0.2, 0.25) is 10.0 Å². The van der Waals surface area contributed by atoms with Crippen molar-refractivity contribution in [1.29, 1.82) is 0 Å². The number of halogens is 2. The van der Waals surface area contributed by atoms with Gasteiger partial charge in [-0.3, -0.25) is 4.79 Å². The molecule has 0 saturated carbocycles. The molecule has 1 atom stereocenters. The molecule has 8 heteroatoms. The molecule has 1 N–H and O–H groups in total. The van der Waals surface area contributed by atoms with E-state index in [1.807, 2.05) is 0 Å². The molecular weight excluding hydrogens is 421 g/mol. The molecule has 0 radical (unpaired) electrons. The molecule has 1 aliphatic heterocycles. The van der Waals surface area contributed by atoms with Gasteiger partial charge in [-0.25, -0.2) is 8.42 Å². The van der Waals surface area contributed by atoms with Crippen molar-refractivity contribution in [3.05, 3.63) is 63.1 Å². The second kappa shape index (κ2) is 8.13. The van der Waals surface area contributed by atoms with E-state index in [-0.39, 0.29) is 17.1 Å². The molecule has 28 heavy (non-hydrogen) atoms. The van der Waals surface area contributed by atoms with E-state index >= 15 is 0 Å². The Hall–Kier alpha value is -1.44. The normalized spacial score (nSPS) is 19.3. The first kappa shape index (κ1) is 21.3. The van der Waals surface area contributed by atoms with Crippen molar-refractivity contribution in [3.63, 3.8) is 0 Å². The quantitative estimate of drug-likeness (QED) is 0.741. The SMILES string of the molecule is COCS(=O)(=O)c1cccc2c1CCN[C@]2(C)C(=O)Cc1c(Cl)cccc1Cl. The zero-order valence-electron chi connectivity index (χ0n) is 15.6. The van der Waals surface area contributed by atoms with E-state index in [1.54, 1.807) is 43.3 Å². The van der Waals surface area contributed by atoms with Crippen LogP contribution in [-0.4, -0.2) is 33.8 Å². The van der Waals surface area contributed by atoms with Crippen LogP contribution in [0.1, 0.15) is 23.6 Å². The minimum absolute atomic E-state index is 0.0382. The number of fused-ring (bicyclic) bond motifs is 1. The van der Waals surface area contributed by atoms with Crippen LogP contribution >= 0.6 is 23.2 Å². The third-order valence-electron chi connectivity index (χ3n) is 5.09. The summed E-state index contributed by atoms with van der Waals surface area (Å²) in [5, 5.41) is 4.11. The minimum Gasteiger partial charge on any atom is -0.368 e. The van der Waals surface area contributed by atoms with Crippen LogP contribution in [0.25, 0.3) is 0 Å². The minimum atomic E-state index is -3.60. The lowest BCUT2D eigenvalue weighted by Gasteiger charge is -2.37. The summed E-state index contributed by atoms with van der Waals surface area (Å²) in [6.45, 7) is 2.25. The Balaban J connectivity index is 2.05. The third kappa shape index (κ3) is 3.84. The van der Waals surface area contributed by atoms with Crippen LogP contribution in [0, 0.1) is 0 Å². The van der Waals surface area contributed by atoms with E-state index in [0.717, 1.165) is 0 Å². The zero-order chi connectivity index (χ0) is 20.5. The van der Waals surface area contributed by atoms with Crippen LogP contribution in [-0.2, 0) is 37.7 Å². The molecule has 0 unspecified atom stereocenters. The van der Waals surface area contributed by atoms with Gasteiger partial charge in [-0.1, -0.05) is 41.4 Å². The molecule has 2 aromatic carbocycles. The summed E-state index contributed by atoms with van der Waals surface area (Å²) < 4.78 is 30.1. The van der Waals surface area contributed by atoms with E-state index in [2.05, 4.69) is 5.32 Å². The molecule has 0 amide bonds. The summed E-state index contributed by atoms with van der Waals surface area (Å²) in [4.78, 5) is 13.5. The number of hydrogen-bond acceptors (Lipinski definition) is 5. The van der Waals surface area contributed by atoms with Gasteiger partial charge in [0.2, 0.25) is 9.84 Å². The summed E-state index contributed by atoms with van der Waals surface area (Å²) in [5.74, 6) is -0.540. The smallest absolute Gasteiger partial charge is 0.202 e. The van der Waals surface area contributed by atoms with Crippen molar-refractivity contribution in [2.45, 2.75) is 30.2 Å². The lowest BCUT2D eigenvalue weighted by Crippen LogP contribution is -2.51. The molecule has 0 saturated heterocycles. The van der Waals surface area contributed by atoms with Crippen LogP contribution in [0.3, 0.4) is 0 Å². The van der Waals surface area contributed by atoms with E-state index < -0.39 is 21.3 Å². The fourth-order valence-corrected chi connectivity index (χ4v) is 5.46. The average molecular weight is 442 g/mol. The van der Waals surface area contributed by atoms with Crippen molar-refractivity contribution >= 4 is 38.8 Å². The van der Waals surface area contributed by atoms with Crippen molar-refractivity contribution in [1.82, 2.24) is 5.32 Å². The van der Waals surface area contributed by atoms with Crippen molar-refractivity contribution in [2.75, 3.05) is 19.6 Å². The summed E-state index contributed by atoms with van der Waals surface area (Å²) in [5.41, 5.74) is 0.826. The van der Waals surface area contributed by atoms with E-state index in [4.69, 9.17) is 27.9 Å². The molecule has 0 spiro atoms. The largest absolute Gasteiger partial charge is 0.368 e. The number of benzene rings is 2. The van der Waals surface area contributed by atoms with Gasteiger partial charge in [0.1, 0.15) is 5.54 Å². The number of carbonyl (C=O) groups is 1. The molecule has 5 nitrogen and oxygen atoms in total. The number of carbonyl (C=O) groups excluding carboxylic acids is 1. The predicted molar refractivity (Wildman–Crippen MR) is 110 cm³/mol. The molecule has 150 valence electrons. The van der Waals surface area contributed by atoms with Gasteiger partial charge in [0.05, 0.1) is 4.90 Å². The Morgan fingerprint density at radius 3 is 2.46 bits per heavy atom. The second-order valence-electron chi connectivity index (χ2n) is 6.91. The Kier molecular flexibility index (Phi) is 6.17. The Labute approximate surface area is 174 Å². The maximum absolute atomic E-state index is 13.3. The summed E-state index contributed by atoms with van der Waals surface area (Å²) in [6, 6.07) is 10.1. The Morgan fingerprint density at radius 2 is 1.82 bits per heavy atom. The standard InChI is InChI=1S/C20H21Cl2NO4S/c1-20(19(24)11-14-16(21)6-4-7-17(14)22)15-5-3-8-18(13(15)9-10-23-20)28(25,26)12-27-2/h3-8,23H,9-12H2,1-2H3/t20-/m0/s1. The number of rotatable bonds is 6. The molecule has 2 aromatic rings. The molecular formula is C20H21Cl2NO4S. The summed E-state index contributed by atoms with van der Waals surface area (Å²) >= 11 is 12.5. The number of ether oxygens (including phenoxy) is 1. The molecule has 1 aliphatic rings. The Morgan fingerprint density at radius 1 is 1.18 bits per heavy atom. The van der Waals surface area contributed by atoms with Crippen LogP contribution in [0.4, 0.5) is 0 Å². The Bertz CT molecular complexity index is 1000. The molecule has 3 rings (SSSR count). The first-order valence-corrected chi connectivity index (χ1v) is 11.2. The predicted octanol–water partition coefficient (Wildman–Crippen LogP) is 3.54. The lowest BCUT2D eigenvalue weighted by atomic mass is 9.79. The van der Waals surface area contributed by atoms with Gasteiger partial charge in [0.15, 0.2) is 11.7 Å². The van der Waals surface area contributed by atoms with Gasteiger partial charge >= 0.3 is 0 Å². The fraction of sp³-hybridized carbons (Fsp3) is 0.350. The monoisotopic (exact) mass is 441 g/mol. The maximum atomic E-state index is 13.3. The molecule has 1 heterocycles. The zero-order valence-corrected chi connectivity index (χ0v) is 17.9. The van der Waals surface area contributed by atoms with Crippen LogP contribution in [0.15, 0.2) is 41.3 Å². The number of methoxy groups -OCH3 is 1. The van der Waals surface area contributed by atoms with Crippen LogP contribution in [0.5, 0.6) is 0 Å². The van der Waals surface area contributed by atoms with E-state index in [9.17, 15) is 13.2 Å². The number of ketones is 1. The number of Topliss-reactive ketones (excluding diaryl/α,β-unsaturated/α-hetero) is 1. The summed E-state index contributed by atoms with van der Waals surface area (Å²) in [6.07, 6.45) is 0.542. The van der Waals surface area contributed by atoms with Gasteiger partial charge in [-0.2, -0.15) is 0 Å². The summed E-state index contributed by atoms with van der Waals surface area (Å²) in [7, 11) is -2.26. The molecule has 0 bridgehead atoms. The van der Waals surface area contributed by atoms with Gasteiger partial charge < -0.3 is 10.1 Å². The van der Waals surface area contributed by atoms with Crippen molar-refractivity contribution in [3.8, 4) is 0 Å². The fourth-order valence-electron chi connectivity index (χ4n) is 3.62. The van der Waals surface area contributed by atoms with Gasteiger partial charge in [-0.15, -0.1) is 0 Å². The highest BCUT2D eigenvalue weighted by molar-refractivity contribution is 7.91. The highest BCUT2D eigenvalue weighted by atomic mass is 35.5. The molecule has 0 aromatic heterocycles. The third-order valence-corrected chi connectivity index (χ3v) is 7.40. The average Bonchev–Trinajstić information content (AvgIpc) is 2.64. The number of sulfone groups is 1. The highest BCUT2D eigenvalue weighted by Gasteiger charge is 2.40. The maximum Gasteiger partial charge on any atom is 0.202 e. The van der Waals surface area contributed by atoms with E-state index in [1.165, 1.54) is 7.11 Å². The highest BCUT2D eigenvalue weighted by Crippen LogP contribution is 2.35. The van der Waals surface area contributed by atoms with Crippen molar-refractivity contribution in [2.24, 2.45) is 0 Å². The first-order valence-electron chi connectivity index (χ1n) is 8.76. The molecule has 0 fully saturated rings. The topological polar surface area (TPSA) is 72.5 Å². The van der Waals surface area contributed by atoms with Gasteiger partial charge in [-0.05, 0) is 48.2 Å². The number of hydrogen-bond donors (Lipinski definition) is 1. The van der Waals surface area contributed by atoms with Crippen molar-refractivity contribution < 1.29 is 17.9 Å². The number of nitrogens with one attached hydrogen (secondary N) is 1. The van der Waals surface area contributed by atoms with Crippen LogP contribution < -0.4 is 5.32 Å². The van der Waals surface area contributed by atoms with Gasteiger partial charge in [0.25, 0.3) is 0 Å². The molecule has 0 aliphatic carbocycles. The van der Waals surface area contributed by atoms with Gasteiger partial charge in [0, 0.05) is 30.1 Å².